The van der Waals surface area contributed by atoms with Gasteiger partial charge in [0.05, 0.1) is 6.04 Å². The first-order chi connectivity index (χ1) is 27.2. The van der Waals surface area contributed by atoms with Crippen LogP contribution in [0, 0.1) is 0 Å². The number of hydrogen-bond donors (Lipinski definition) is 0. The van der Waals surface area contributed by atoms with Crippen molar-refractivity contribution in [2.24, 2.45) is 4.99 Å². The van der Waals surface area contributed by atoms with Crippen molar-refractivity contribution in [3.05, 3.63) is 159 Å². The topological polar surface area (TPSA) is 21.6 Å². The highest BCUT2D eigenvalue weighted by molar-refractivity contribution is 7.80. The zero-order valence-electron chi connectivity index (χ0n) is 37.4. The lowest BCUT2D eigenvalue weighted by atomic mass is 9.74. The molecule has 0 amide bonds. The molecule has 58 heavy (non-hydrogen) atoms. The Balaban J connectivity index is 1.37. The molecule has 1 spiro atoms. The van der Waals surface area contributed by atoms with E-state index in [1.54, 1.807) is 5.56 Å². The van der Waals surface area contributed by atoms with E-state index >= 15 is 0 Å². The van der Waals surface area contributed by atoms with Crippen LogP contribution in [0.4, 0.5) is 0 Å². The molecule has 5 aromatic rings. The van der Waals surface area contributed by atoms with Gasteiger partial charge in [-0.2, -0.15) is 0 Å². The molecule has 2 nitrogen and oxygen atoms in total. The van der Waals surface area contributed by atoms with Gasteiger partial charge < -0.3 is 4.74 Å². The quantitative estimate of drug-likeness (QED) is 0.157. The molecule has 0 N–H and O–H groups in total. The van der Waals surface area contributed by atoms with Crippen LogP contribution in [0.3, 0.4) is 0 Å². The molecular weight excluding hydrogens is 722 g/mol. The second-order valence-electron chi connectivity index (χ2n) is 21.7. The van der Waals surface area contributed by atoms with Crippen LogP contribution in [0.1, 0.15) is 152 Å². The molecule has 8 rings (SSSR count). The van der Waals surface area contributed by atoms with Crippen LogP contribution < -0.4 is 15.9 Å². The molecule has 0 bridgehead atoms. The van der Waals surface area contributed by atoms with Gasteiger partial charge in [-0.05, 0) is 134 Å². The third-order valence-electron chi connectivity index (χ3n) is 13.2. The van der Waals surface area contributed by atoms with Gasteiger partial charge in [0.1, 0.15) is 6.61 Å². The third-order valence-corrected chi connectivity index (χ3v) is 15.6. The molecule has 0 aromatic heterocycles. The molecule has 1 heterocycles. The summed E-state index contributed by atoms with van der Waals surface area (Å²) < 4.78 is 6.59. The molecule has 0 saturated carbocycles. The van der Waals surface area contributed by atoms with Crippen molar-refractivity contribution >= 4 is 29.7 Å². The predicted molar refractivity (Wildman–Crippen MR) is 250 cm³/mol. The Kier molecular flexibility index (Phi) is 10.3. The van der Waals surface area contributed by atoms with E-state index in [0.29, 0.717) is 6.61 Å². The summed E-state index contributed by atoms with van der Waals surface area (Å²) in [6.07, 6.45) is 5.32. The van der Waals surface area contributed by atoms with Crippen LogP contribution in [-0.4, -0.2) is 18.5 Å². The number of nitrogens with zero attached hydrogens (tertiary/aromatic N) is 1. The van der Waals surface area contributed by atoms with Crippen molar-refractivity contribution < 1.29 is 4.74 Å². The van der Waals surface area contributed by atoms with Crippen LogP contribution in [0.5, 0.6) is 0 Å². The molecule has 2 atom stereocenters. The summed E-state index contributed by atoms with van der Waals surface area (Å²) >= 11 is 0. The standard InChI is InChI=1S/C55H66NOP/c1-51(2,3)39-29-40(52(4,5)6)32-44(31-39)58(45-33-41(53(7,8)9)30-42(34-45)54(10,11)12)47-23-17-21-38-25-27-55(49(38)47)26-24-37-20-16-22-46(48(37)55)50-56-43(35-57-50)28-36-18-14-13-15-19-36/h13-23,29-34,43H,24-28,35H2,1-12H3/t43-,55?/m0/s1. The van der Waals surface area contributed by atoms with Gasteiger partial charge in [-0.15, -0.1) is 0 Å². The first kappa shape index (κ1) is 40.8. The molecule has 1 aliphatic heterocycles. The molecule has 0 fully saturated rings. The summed E-state index contributed by atoms with van der Waals surface area (Å²) in [5.74, 6) is 0.840. The first-order valence-corrected chi connectivity index (χ1v) is 23.2. The van der Waals surface area contributed by atoms with Crippen molar-refractivity contribution in [2.45, 2.75) is 148 Å². The van der Waals surface area contributed by atoms with Crippen molar-refractivity contribution in [2.75, 3.05) is 6.61 Å². The third kappa shape index (κ3) is 7.65. The van der Waals surface area contributed by atoms with Crippen LogP contribution >= 0.6 is 7.92 Å². The van der Waals surface area contributed by atoms with Gasteiger partial charge in [-0.25, -0.2) is 4.99 Å². The van der Waals surface area contributed by atoms with E-state index in [4.69, 9.17) is 9.73 Å². The van der Waals surface area contributed by atoms with Gasteiger partial charge in [0.15, 0.2) is 0 Å². The Morgan fingerprint density at radius 3 is 1.55 bits per heavy atom. The number of aryl methyl sites for hydroxylation is 2. The zero-order valence-corrected chi connectivity index (χ0v) is 38.3. The Morgan fingerprint density at radius 2 is 1.05 bits per heavy atom. The molecule has 5 aromatic carbocycles. The summed E-state index contributed by atoms with van der Waals surface area (Å²) in [4.78, 5) is 5.32. The van der Waals surface area contributed by atoms with Crippen molar-refractivity contribution in [1.82, 2.24) is 0 Å². The fourth-order valence-corrected chi connectivity index (χ4v) is 12.5. The average Bonchev–Trinajstić information content (AvgIpc) is 3.89. The van der Waals surface area contributed by atoms with Gasteiger partial charge in [0, 0.05) is 11.0 Å². The second-order valence-corrected chi connectivity index (χ2v) is 23.9. The summed E-state index contributed by atoms with van der Waals surface area (Å²) in [7, 11) is -0.951. The maximum absolute atomic E-state index is 6.59. The van der Waals surface area contributed by atoms with Crippen LogP contribution in [0.2, 0.25) is 0 Å². The van der Waals surface area contributed by atoms with Gasteiger partial charge in [0.25, 0.3) is 0 Å². The number of rotatable bonds is 6. The highest BCUT2D eigenvalue weighted by atomic mass is 31.1. The fraction of sp³-hybridized carbons (Fsp3) is 0.436. The average molecular weight is 788 g/mol. The number of hydrogen-bond acceptors (Lipinski definition) is 2. The van der Waals surface area contributed by atoms with Gasteiger partial charge >= 0.3 is 0 Å². The number of aliphatic imine (C=N–C) groups is 1. The lowest BCUT2D eigenvalue weighted by Crippen LogP contribution is -2.34. The SMILES string of the molecule is CC(C)(C)c1cc(P(c2cc(C(C)(C)C)cc(C(C)(C)C)c2)c2cccc3c2C2(CCc4cccc(C5=N[C@@H](Cc6ccccc6)CO5)c42)CC3)cc(C(C)(C)C)c1. The van der Waals surface area contributed by atoms with Crippen molar-refractivity contribution in [3.63, 3.8) is 0 Å². The molecule has 3 heteroatoms. The van der Waals surface area contributed by atoms with E-state index in [9.17, 15) is 0 Å². The zero-order chi connectivity index (χ0) is 41.4. The molecule has 0 saturated heterocycles. The summed E-state index contributed by atoms with van der Waals surface area (Å²) in [5, 5.41) is 4.46. The molecule has 3 aliphatic rings. The summed E-state index contributed by atoms with van der Waals surface area (Å²) in [6, 6.07) is 40.5. The molecule has 1 unspecified atom stereocenters. The largest absolute Gasteiger partial charge is 0.475 e. The summed E-state index contributed by atoms with van der Waals surface area (Å²) in [6.45, 7) is 29.2. The van der Waals surface area contributed by atoms with E-state index in [1.165, 1.54) is 66.0 Å². The Labute approximate surface area is 351 Å². The lowest BCUT2D eigenvalue weighted by molar-refractivity contribution is 0.316. The number of benzene rings is 5. The van der Waals surface area contributed by atoms with Gasteiger partial charge in [0.2, 0.25) is 5.90 Å². The Hall–Kier alpha value is -4.00. The minimum absolute atomic E-state index is 0.0143. The minimum Gasteiger partial charge on any atom is -0.475 e. The van der Waals surface area contributed by atoms with Gasteiger partial charge in [-0.3, -0.25) is 0 Å². The normalized spacial score (nSPS) is 19.4. The van der Waals surface area contributed by atoms with E-state index < -0.39 is 7.92 Å². The van der Waals surface area contributed by atoms with E-state index in [1.807, 2.05) is 0 Å². The lowest BCUT2D eigenvalue weighted by Gasteiger charge is -2.35. The molecule has 2 aliphatic carbocycles. The summed E-state index contributed by atoms with van der Waals surface area (Å²) in [5.41, 5.74) is 14.2. The highest BCUT2D eigenvalue weighted by Crippen LogP contribution is 2.55. The highest BCUT2D eigenvalue weighted by Gasteiger charge is 2.49. The van der Waals surface area contributed by atoms with Crippen LogP contribution in [0.25, 0.3) is 0 Å². The van der Waals surface area contributed by atoms with Crippen LogP contribution in [0.15, 0.2) is 108 Å². The second kappa shape index (κ2) is 14.6. The van der Waals surface area contributed by atoms with E-state index in [2.05, 4.69) is 186 Å². The number of fused-ring (bicyclic) bond motifs is 4. The monoisotopic (exact) mass is 787 g/mol. The smallest absolute Gasteiger partial charge is 0.216 e. The first-order valence-electron chi connectivity index (χ1n) is 21.8. The molecule has 302 valence electrons. The Morgan fingerprint density at radius 1 is 0.569 bits per heavy atom. The Bertz CT molecular complexity index is 2230. The van der Waals surface area contributed by atoms with E-state index in [-0.39, 0.29) is 33.1 Å². The van der Waals surface area contributed by atoms with Crippen LogP contribution in [-0.2, 0) is 51.1 Å². The van der Waals surface area contributed by atoms with Crippen molar-refractivity contribution in [1.29, 1.82) is 0 Å². The molecule has 0 radical (unpaired) electrons. The maximum Gasteiger partial charge on any atom is 0.216 e. The fourth-order valence-electron chi connectivity index (χ4n) is 9.73. The number of ether oxygens (including phenoxy) is 1. The van der Waals surface area contributed by atoms with Gasteiger partial charge in [-0.1, -0.05) is 180 Å². The molecular formula is C55H66NOP. The van der Waals surface area contributed by atoms with Crippen molar-refractivity contribution in [3.8, 4) is 0 Å². The minimum atomic E-state index is -0.951. The maximum atomic E-state index is 6.59. The predicted octanol–water partition coefficient (Wildman–Crippen LogP) is 12.2. The van der Waals surface area contributed by atoms with E-state index in [0.717, 1.165) is 38.0 Å².